The number of amides is 1. The lowest BCUT2D eigenvalue weighted by Crippen LogP contribution is -2.32. The van der Waals surface area contributed by atoms with E-state index in [1.54, 1.807) is 11.3 Å². The van der Waals surface area contributed by atoms with Gasteiger partial charge in [0.1, 0.15) is 0 Å². The van der Waals surface area contributed by atoms with Crippen LogP contribution in [0.3, 0.4) is 0 Å². The molecule has 8 heteroatoms. The fourth-order valence-electron chi connectivity index (χ4n) is 1.59. The Morgan fingerprint density at radius 1 is 1.48 bits per heavy atom. The van der Waals surface area contributed by atoms with Gasteiger partial charge in [-0.15, -0.1) is 21.5 Å². The van der Waals surface area contributed by atoms with E-state index in [9.17, 15) is 4.79 Å². The quantitative estimate of drug-likeness (QED) is 0.722. The van der Waals surface area contributed by atoms with Crippen LogP contribution in [0.1, 0.15) is 18.7 Å². The molecule has 2 aromatic heterocycles. The third kappa shape index (κ3) is 5.29. The summed E-state index contributed by atoms with van der Waals surface area (Å²) in [5.41, 5.74) is 0. The Labute approximate surface area is 136 Å². The standard InChI is InChI=1S/C13H18N4OS3/c1-3-14-12-16-17-13(21-12)20-9(2)11(18)15-7-6-10-5-4-8-19-10/h4-5,8-9H,3,6-7H2,1-2H3,(H,14,16)(H,15,18). The highest BCUT2D eigenvalue weighted by Crippen LogP contribution is 2.28. The first-order chi connectivity index (χ1) is 10.2. The van der Waals surface area contributed by atoms with E-state index >= 15 is 0 Å². The van der Waals surface area contributed by atoms with Crippen LogP contribution in [-0.4, -0.2) is 34.4 Å². The average Bonchev–Trinajstić information content (AvgIpc) is 3.11. The molecule has 1 amide bonds. The van der Waals surface area contributed by atoms with Crippen molar-refractivity contribution in [3.05, 3.63) is 22.4 Å². The third-order valence-electron chi connectivity index (χ3n) is 2.63. The van der Waals surface area contributed by atoms with Gasteiger partial charge >= 0.3 is 0 Å². The first kappa shape index (κ1) is 16.3. The van der Waals surface area contributed by atoms with Crippen molar-refractivity contribution in [3.63, 3.8) is 0 Å². The lowest BCUT2D eigenvalue weighted by molar-refractivity contribution is -0.120. The van der Waals surface area contributed by atoms with Crippen LogP contribution in [0.25, 0.3) is 0 Å². The molecule has 1 atom stereocenters. The minimum Gasteiger partial charge on any atom is -0.360 e. The van der Waals surface area contributed by atoms with E-state index in [4.69, 9.17) is 0 Å². The Morgan fingerprint density at radius 2 is 2.33 bits per heavy atom. The highest BCUT2D eigenvalue weighted by molar-refractivity contribution is 8.02. The van der Waals surface area contributed by atoms with Crippen LogP contribution in [0.15, 0.2) is 21.9 Å². The molecule has 0 spiro atoms. The maximum Gasteiger partial charge on any atom is 0.233 e. The molecular formula is C13H18N4OS3. The fraction of sp³-hybridized carbons (Fsp3) is 0.462. The van der Waals surface area contributed by atoms with Gasteiger partial charge < -0.3 is 10.6 Å². The molecule has 0 aromatic carbocycles. The topological polar surface area (TPSA) is 66.9 Å². The molecule has 0 aliphatic carbocycles. The van der Waals surface area contributed by atoms with E-state index < -0.39 is 0 Å². The van der Waals surface area contributed by atoms with Crippen LogP contribution in [0, 0.1) is 0 Å². The van der Waals surface area contributed by atoms with Gasteiger partial charge in [0.15, 0.2) is 4.34 Å². The Hall–Kier alpha value is -1.12. The molecule has 5 nitrogen and oxygen atoms in total. The maximum absolute atomic E-state index is 12.0. The molecule has 2 rings (SSSR count). The smallest absolute Gasteiger partial charge is 0.233 e. The summed E-state index contributed by atoms with van der Waals surface area (Å²) < 4.78 is 0.812. The molecule has 1 unspecified atom stereocenters. The van der Waals surface area contributed by atoms with E-state index in [0.717, 1.165) is 22.4 Å². The van der Waals surface area contributed by atoms with E-state index in [2.05, 4.69) is 26.9 Å². The van der Waals surface area contributed by atoms with E-state index in [1.165, 1.54) is 28.0 Å². The van der Waals surface area contributed by atoms with Crippen molar-refractivity contribution >= 4 is 45.5 Å². The van der Waals surface area contributed by atoms with Gasteiger partial charge in [0.05, 0.1) is 5.25 Å². The van der Waals surface area contributed by atoms with E-state index in [-0.39, 0.29) is 11.2 Å². The molecule has 0 aliphatic heterocycles. The number of nitrogens with one attached hydrogen (secondary N) is 2. The van der Waals surface area contributed by atoms with Gasteiger partial charge in [-0.3, -0.25) is 4.79 Å². The number of carbonyl (C=O) groups is 1. The second-order valence-corrected chi connectivity index (χ2v) is 7.88. The monoisotopic (exact) mass is 342 g/mol. The molecule has 114 valence electrons. The summed E-state index contributed by atoms with van der Waals surface area (Å²) in [4.78, 5) is 13.3. The predicted octanol–water partition coefficient (Wildman–Crippen LogP) is 2.87. The minimum atomic E-state index is -0.171. The lowest BCUT2D eigenvalue weighted by atomic mass is 10.3. The molecule has 21 heavy (non-hydrogen) atoms. The number of hydrogen-bond donors (Lipinski definition) is 2. The molecular weight excluding hydrogens is 324 g/mol. The summed E-state index contributed by atoms with van der Waals surface area (Å²) in [5.74, 6) is 0.0387. The largest absolute Gasteiger partial charge is 0.360 e. The molecule has 0 saturated carbocycles. The van der Waals surface area contributed by atoms with Gasteiger partial charge in [-0.1, -0.05) is 29.2 Å². The Balaban J connectivity index is 1.73. The number of thiophene rings is 1. The zero-order chi connectivity index (χ0) is 15.1. The van der Waals surface area contributed by atoms with Crippen LogP contribution in [0.4, 0.5) is 5.13 Å². The number of thioether (sulfide) groups is 1. The van der Waals surface area contributed by atoms with Gasteiger partial charge in [-0.25, -0.2) is 0 Å². The maximum atomic E-state index is 12.0. The normalized spacial score (nSPS) is 12.1. The number of anilines is 1. The van der Waals surface area contributed by atoms with Crippen molar-refractivity contribution in [2.45, 2.75) is 29.9 Å². The summed E-state index contributed by atoms with van der Waals surface area (Å²) in [5, 5.41) is 16.8. The Kier molecular flexibility index (Phi) is 6.47. The summed E-state index contributed by atoms with van der Waals surface area (Å²) in [6, 6.07) is 4.11. The number of aromatic nitrogens is 2. The van der Waals surface area contributed by atoms with Crippen LogP contribution >= 0.6 is 34.4 Å². The first-order valence-electron chi connectivity index (χ1n) is 6.73. The molecule has 0 radical (unpaired) electrons. The lowest BCUT2D eigenvalue weighted by Gasteiger charge is -2.09. The summed E-state index contributed by atoms with van der Waals surface area (Å²) >= 11 is 4.63. The second-order valence-electron chi connectivity index (χ2n) is 4.28. The van der Waals surface area contributed by atoms with Crippen molar-refractivity contribution in [1.82, 2.24) is 15.5 Å². The van der Waals surface area contributed by atoms with Gasteiger partial charge in [-0.05, 0) is 31.7 Å². The summed E-state index contributed by atoms with van der Waals surface area (Å²) in [6.07, 6.45) is 0.879. The molecule has 0 bridgehead atoms. The van der Waals surface area contributed by atoms with Crippen molar-refractivity contribution in [2.75, 3.05) is 18.4 Å². The minimum absolute atomic E-state index is 0.0387. The number of carbonyl (C=O) groups excluding carboxylic acids is 1. The second kappa shape index (κ2) is 8.35. The average molecular weight is 343 g/mol. The molecule has 0 saturated heterocycles. The number of nitrogens with zero attached hydrogens (tertiary/aromatic N) is 2. The number of rotatable bonds is 8. The zero-order valence-corrected chi connectivity index (χ0v) is 14.4. The molecule has 2 aromatic rings. The third-order valence-corrected chi connectivity index (χ3v) is 5.63. The van der Waals surface area contributed by atoms with Crippen LogP contribution in [-0.2, 0) is 11.2 Å². The fourth-order valence-corrected chi connectivity index (χ4v) is 4.29. The van der Waals surface area contributed by atoms with Crippen LogP contribution in [0.2, 0.25) is 0 Å². The van der Waals surface area contributed by atoms with E-state index in [1.807, 2.05) is 25.3 Å². The van der Waals surface area contributed by atoms with Crippen molar-refractivity contribution in [1.29, 1.82) is 0 Å². The van der Waals surface area contributed by atoms with E-state index in [0.29, 0.717) is 6.54 Å². The number of hydrogen-bond acceptors (Lipinski definition) is 7. The van der Waals surface area contributed by atoms with Crippen LogP contribution < -0.4 is 10.6 Å². The van der Waals surface area contributed by atoms with Gasteiger partial charge in [0, 0.05) is 18.0 Å². The summed E-state index contributed by atoms with van der Waals surface area (Å²) in [6.45, 7) is 5.39. The van der Waals surface area contributed by atoms with Crippen molar-refractivity contribution < 1.29 is 4.79 Å². The van der Waals surface area contributed by atoms with Gasteiger partial charge in [0.25, 0.3) is 0 Å². The Bertz CT molecular complexity index is 556. The van der Waals surface area contributed by atoms with Gasteiger partial charge in [-0.2, -0.15) is 0 Å². The predicted molar refractivity (Wildman–Crippen MR) is 90.4 cm³/mol. The molecule has 2 N–H and O–H groups in total. The van der Waals surface area contributed by atoms with Crippen molar-refractivity contribution in [2.24, 2.45) is 0 Å². The first-order valence-corrected chi connectivity index (χ1v) is 9.30. The SMILES string of the molecule is CCNc1nnc(SC(C)C(=O)NCCc2cccs2)s1. The summed E-state index contributed by atoms with van der Waals surface area (Å²) in [7, 11) is 0. The highest BCUT2D eigenvalue weighted by Gasteiger charge is 2.16. The van der Waals surface area contributed by atoms with Gasteiger partial charge in [0.2, 0.25) is 11.0 Å². The molecule has 0 fully saturated rings. The molecule has 2 heterocycles. The Morgan fingerprint density at radius 3 is 3.05 bits per heavy atom. The van der Waals surface area contributed by atoms with Crippen molar-refractivity contribution in [3.8, 4) is 0 Å². The zero-order valence-electron chi connectivity index (χ0n) is 12.0. The molecule has 0 aliphatic rings. The highest BCUT2D eigenvalue weighted by atomic mass is 32.2. The van der Waals surface area contributed by atoms with Crippen LogP contribution in [0.5, 0.6) is 0 Å².